The summed E-state index contributed by atoms with van der Waals surface area (Å²) in [4.78, 5) is 23.8. The van der Waals surface area contributed by atoms with Gasteiger partial charge in [-0.15, -0.1) is 0 Å². The third-order valence-corrected chi connectivity index (χ3v) is 6.27. The summed E-state index contributed by atoms with van der Waals surface area (Å²) in [6.07, 6.45) is 0. The number of carbonyl (C=O) groups is 2. The van der Waals surface area contributed by atoms with Crippen LogP contribution in [-0.4, -0.2) is 28.2 Å². The standard InChI is InChI=1S/C29H24N2O4/c1-18-8-5-6-11-20(18)16-31-23-13-7-12-22(29(30)34)27(23)28-24(31)14-21(19-9-3-2-4-10-19)15-25(28)35-17-26(32)33/h2-15H,16-17H2,1H3,(H2,30,34)(H,32,33). The lowest BCUT2D eigenvalue weighted by Gasteiger charge is -2.13. The van der Waals surface area contributed by atoms with E-state index in [0.29, 0.717) is 28.6 Å². The van der Waals surface area contributed by atoms with Crippen LogP contribution >= 0.6 is 0 Å². The minimum Gasteiger partial charge on any atom is -0.481 e. The van der Waals surface area contributed by atoms with Crippen LogP contribution in [-0.2, 0) is 11.3 Å². The number of carbonyl (C=O) groups excluding carboxylic acids is 1. The van der Waals surface area contributed by atoms with Gasteiger partial charge >= 0.3 is 5.97 Å². The maximum Gasteiger partial charge on any atom is 0.341 e. The van der Waals surface area contributed by atoms with E-state index in [1.165, 1.54) is 0 Å². The summed E-state index contributed by atoms with van der Waals surface area (Å²) in [6, 6.07) is 27.3. The summed E-state index contributed by atoms with van der Waals surface area (Å²) >= 11 is 0. The van der Waals surface area contributed by atoms with E-state index in [-0.39, 0.29) is 0 Å². The summed E-state index contributed by atoms with van der Waals surface area (Å²) in [5.41, 5.74) is 11.9. The summed E-state index contributed by atoms with van der Waals surface area (Å²) in [7, 11) is 0. The zero-order chi connectivity index (χ0) is 24.5. The minimum atomic E-state index is -1.08. The Kier molecular flexibility index (Phi) is 5.71. The second-order valence-electron chi connectivity index (χ2n) is 8.49. The number of hydrogen-bond donors (Lipinski definition) is 2. The molecule has 3 N–H and O–H groups in total. The number of benzene rings is 4. The van der Waals surface area contributed by atoms with Crippen molar-refractivity contribution in [2.75, 3.05) is 6.61 Å². The molecule has 0 saturated carbocycles. The van der Waals surface area contributed by atoms with Crippen molar-refractivity contribution >= 4 is 33.7 Å². The van der Waals surface area contributed by atoms with Crippen LogP contribution in [0.3, 0.4) is 0 Å². The molecule has 5 aromatic rings. The Morgan fingerprint density at radius 3 is 2.31 bits per heavy atom. The van der Waals surface area contributed by atoms with E-state index < -0.39 is 18.5 Å². The van der Waals surface area contributed by atoms with Crippen molar-refractivity contribution in [1.29, 1.82) is 0 Å². The van der Waals surface area contributed by atoms with Gasteiger partial charge in [-0.3, -0.25) is 4.79 Å². The molecule has 0 atom stereocenters. The zero-order valence-electron chi connectivity index (χ0n) is 19.2. The maximum absolute atomic E-state index is 12.4. The summed E-state index contributed by atoms with van der Waals surface area (Å²) in [5, 5.41) is 10.6. The number of carboxylic acids is 1. The van der Waals surface area contributed by atoms with Gasteiger partial charge in [-0.2, -0.15) is 0 Å². The first-order chi connectivity index (χ1) is 16.9. The van der Waals surface area contributed by atoms with Gasteiger partial charge in [-0.25, -0.2) is 4.79 Å². The van der Waals surface area contributed by atoms with Crippen LogP contribution in [0.5, 0.6) is 5.75 Å². The lowest BCUT2D eigenvalue weighted by Crippen LogP contribution is -2.11. The highest BCUT2D eigenvalue weighted by molar-refractivity contribution is 6.20. The first-order valence-corrected chi connectivity index (χ1v) is 11.3. The Labute approximate surface area is 202 Å². The predicted octanol–water partition coefficient (Wildman–Crippen LogP) is 5.38. The van der Waals surface area contributed by atoms with Gasteiger partial charge in [0, 0.05) is 17.5 Å². The van der Waals surface area contributed by atoms with E-state index in [0.717, 1.165) is 33.3 Å². The number of primary amides is 1. The number of ether oxygens (including phenoxy) is 1. The van der Waals surface area contributed by atoms with Gasteiger partial charge in [0.2, 0.25) is 5.91 Å². The average Bonchev–Trinajstić information content (AvgIpc) is 3.18. The highest BCUT2D eigenvalue weighted by Crippen LogP contribution is 2.41. The molecular formula is C29H24N2O4. The van der Waals surface area contributed by atoms with E-state index >= 15 is 0 Å². The molecule has 0 aliphatic carbocycles. The summed E-state index contributed by atoms with van der Waals surface area (Å²) in [5.74, 6) is -1.24. The first-order valence-electron chi connectivity index (χ1n) is 11.3. The Morgan fingerprint density at radius 1 is 0.857 bits per heavy atom. The molecule has 0 aliphatic rings. The van der Waals surface area contributed by atoms with Crippen LogP contribution in [0.15, 0.2) is 84.9 Å². The quantitative estimate of drug-likeness (QED) is 0.338. The van der Waals surface area contributed by atoms with E-state index in [1.54, 1.807) is 6.07 Å². The number of aliphatic carboxylic acids is 1. The smallest absolute Gasteiger partial charge is 0.341 e. The lowest BCUT2D eigenvalue weighted by atomic mass is 10.0. The molecule has 5 rings (SSSR count). The SMILES string of the molecule is Cc1ccccc1Cn1c2cc(-c3ccccc3)cc(OCC(=O)O)c2c2c(C(N)=O)cccc21. The molecule has 0 saturated heterocycles. The molecule has 0 aliphatic heterocycles. The molecular weight excluding hydrogens is 440 g/mol. The van der Waals surface area contributed by atoms with Gasteiger partial charge < -0.3 is 20.1 Å². The van der Waals surface area contributed by atoms with E-state index in [1.807, 2.05) is 60.7 Å². The Hall–Kier alpha value is -4.58. The van der Waals surface area contributed by atoms with Crippen molar-refractivity contribution in [3.63, 3.8) is 0 Å². The molecule has 0 bridgehead atoms. The third kappa shape index (κ3) is 4.10. The normalized spacial score (nSPS) is 11.1. The molecule has 0 radical (unpaired) electrons. The van der Waals surface area contributed by atoms with Gasteiger partial charge in [-0.05, 0) is 53.4 Å². The zero-order valence-corrected chi connectivity index (χ0v) is 19.2. The van der Waals surface area contributed by atoms with E-state index in [4.69, 9.17) is 10.5 Å². The highest BCUT2D eigenvalue weighted by atomic mass is 16.5. The van der Waals surface area contributed by atoms with Crippen LogP contribution in [0.2, 0.25) is 0 Å². The van der Waals surface area contributed by atoms with Crippen molar-refractivity contribution in [3.8, 4) is 16.9 Å². The van der Waals surface area contributed by atoms with Crippen LogP contribution < -0.4 is 10.5 Å². The first kappa shape index (κ1) is 22.2. The Bertz CT molecular complexity index is 1590. The molecule has 1 aromatic heterocycles. The number of aromatic nitrogens is 1. The van der Waals surface area contributed by atoms with Gasteiger partial charge in [0.25, 0.3) is 0 Å². The van der Waals surface area contributed by atoms with Gasteiger partial charge in [0.05, 0.1) is 16.4 Å². The van der Waals surface area contributed by atoms with Crippen molar-refractivity contribution < 1.29 is 19.4 Å². The number of hydrogen-bond acceptors (Lipinski definition) is 3. The second kappa shape index (κ2) is 8.99. The number of fused-ring (bicyclic) bond motifs is 3. The average molecular weight is 465 g/mol. The summed E-state index contributed by atoms with van der Waals surface area (Å²) < 4.78 is 7.95. The Balaban J connectivity index is 1.88. The van der Waals surface area contributed by atoms with E-state index in [2.05, 4.69) is 29.7 Å². The molecule has 1 heterocycles. The molecule has 0 spiro atoms. The number of rotatable bonds is 7. The van der Waals surface area contributed by atoms with Crippen molar-refractivity contribution in [2.24, 2.45) is 5.73 Å². The predicted molar refractivity (Wildman–Crippen MR) is 137 cm³/mol. The minimum absolute atomic E-state index is 0.365. The van der Waals surface area contributed by atoms with Gasteiger partial charge in [0.1, 0.15) is 5.75 Å². The fraction of sp³-hybridized carbons (Fsp3) is 0.103. The second-order valence-corrected chi connectivity index (χ2v) is 8.49. The molecule has 4 aromatic carbocycles. The van der Waals surface area contributed by atoms with Crippen molar-refractivity contribution in [2.45, 2.75) is 13.5 Å². The highest BCUT2D eigenvalue weighted by Gasteiger charge is 2.22. The largest absolute Gasteiger partial charge is 0.481 e. The molecule has 0 unspecified atom stereocenters. The fourth-order valence-corrected chi connectivity index (χ4v) is 4.61. The number of amides is 1. The Morgan fingerprint density at radius 2 is 1.60 bits per heavy atom. The third-order valence-electron chi connectivity index (χ3n) is 6.27. The molecule has 35 heavy (non-hydrogen) atoms. The molecule has 1 amide bonds. The number of carboxylic acid groups (broad SMARTS) is 1. The number of nitrogens with zero attached hydrogens (tertiary/aromatic N) is 1. The van der Waals surface area contributed by atoms with Crippen molar-refractivity contribution in [1.82, 2.24) is 4.57 Å². The van der Waals surface area contributed by atoms with Crippen LogP contribution in [0, 0.1) is 6.92 Å². The van der Waals surface area contributed by atoms with E-state index in [9.17, 15) is 14.7 Å². The van der Waals surface area contributed by atoms with Gasteiger partial charge in [-0.1, -0.05) is 60.7 Å². The van der Waals surface area contributed by atoms with Crippen LogP contribution in [0.1, 0.15) is 21.5 Å². The molecule has 0 fully saturated rings. The molecule has 174 valence electrons. The molecule has 6 nitrogen and oxygen atoms in total. The van der Waals surface area contributed by atoms with Crippen molar-refractivity contribution in [3.05, 3.63) is 102 Å². The number of nitrogens with two attached hydrogens (primary N) is 1. The maximum atomic E-state index is 12.4. The topological polar surface area (TPSA) is 94.6 Å². The lowest BCUT2D eigenvalue weighted by molar-refractivity contribution is -0.139. The van der Waals surface area contributed by atoms with Gasteiger partial charge in [0.15, 0.2) is 6.61 Å². The fourth-order valence-electron chi connectivity index (χ4n) is 4.61. The summed E-state index contributed by atoms with van der Waals surface area (Å²) in [6.45, 7) is 2.12. The number of aryl methyl sites for hydroxylation is 1. The van der Waals surface area contributed by atoms with Crippen LogP contribution in [0.4, 0.5) is 0 Å². The molecule has 6 heteroatoms. The van der Waals surface area contributed by atoms with Crippen LogP contribution in [0.25, 0.3) is 32.9 Å². The monoisotopic (exact) mass is 464 g/mol.